The van der Waals surface area contributed by atoms with Gasteiger partial charge in [0.2, 0.25) is 0 Å². The molecule has 0 bridgehead atoms. The van der Waals surface area contributed by atoms with E-state index in [2.05, 4.69) is 46.1 Å². The lowest BCUT2D eigenvalue weighted by Crippen LogP contribution is -2.49. The van der Waals surface area contributed by atoms with E-state index >= 15 is 0 Å². The number of hydrogen-bond donors (Lipinski definition) is 0. The third kappa shape index (κ3) is 5.51. The number of halogens is 2. The van der Waals surface area contributed by atoms with Crippen molar-refractivity contribution in [3.05, 3.63) is 59.7 Å². The molecule has 10 heteroatoms. The van der Waals surface area contributed by atoms with Crippen LogP contribution in [0.25, 0.3) is 0 Å². The number of rotatable bonds is 8. The quantitative estimate of drug-likeness (QED) is 0.453. The van der Waals surface area contributed by atoms with Gasteiger partial charge < -0.3 is 14.4 Å². The monoisotopic (exact) mass is 504 g/mol. The molecule has 1 fully saturated rings. The number of methoxy groups -OCH3 is 2. The van der Waals surface area contributed by atoms with Crippen LogP contribution in [0.1, 0.15) is 44.6 Å². The average Bonchev–Trinajstić information content (AvgIpc) is 3.35. The zero-order valence-corrected chi connectivity index (χ0v) is 21.8. The number of hydrogen-bond acceptors (Lipinski definition) is 7. The first-order valence-corrected chi connectivity index (χ1v) is 11.6. The first-order chi connectivity index (χ1) is 16.4. The van der Waals surface area contributed by atoms with Crippen LogP contribution in [0.15, 0.2) is 42.5 Å². The van der Waals surface area contributed by atoms with Gasteiger partial charge in [-0.25, -0.2) is 9.07 Å². The molecule has 1 aliphatic rings. The van der Waals surface area contributed by atoms with Gasteiger partial charge in [-0.05, 0) is 73.2 Å². The lowest BCUT2D eigenvalue weighted by atomic mass is 9.98. The Morgan fingerprint density at radius 1 is 1.00 bits per heavy atom. The molecule has 0 spiro atoms. The molecule has 2 heterocycles. The van der Waals surface area contributed by atoms with Crippen molar-refractivity contribution in [2.75, 3.05) is 45.3 Å². The predicted octanol–water partition coefficient (Wildman–Crippen LogP) is 4.31. The maximum absolute atomic E-state index is 13.4. The standard InChI is InChI=1S/C25H33FN6O2.ClH/c1-6-25(2,3)32-24(27-28-29-32)23(21-17-20(33-4)11-12-22(21)34-5)31-15-13-30(14-16-31)19-9-7-18(26)8-10-19;/h7-12,17,23H,6,13-16H2,1-5H3;1H. The van der Waals surface area contributed by atoms with Crippen molar-refractivity contribution in [2.24, 2.45) is 0 Å². The van der Waals surface area contributed by atoms with E-state index in [1.165, 1.54) is 12.1 Å². The number of benzene rings is 2. The lowest BCUT2D eigenvalue weighted by molar-refractivity contribution is 0.184. The molecule has 0 saturated carbocycles. The Morgan fingerprint density at radius 2 is 1.69 bits per heavy atom. The van der Waals surface area contributed by atoms with Crippen LogP contribution in [-0.4, -0.2) is 65.5 Å². The van der Waals surface area contributed by atoms with Gasteiger partial charge in [-0.1, -0.05) is 6.92 Å². The number of piperazine rings is 1. The molecule has 0 radical (unpaired) electrons. The molecule has 2 aromatic carbocycles. The van der Waals surface area contributed by atoms with E-state index in [4.69, 9.17) is 9.47 Å². The fraction of sp³-hybridized carbons (Fsp3) is 0.480. The summed E-state index contributed by atoms with van der Waals surface area (Å²) in [5.41, 5.74) is 1.73. The van der Waals surface area contributed by atoms with Crippen LogP contribution in [0.2, 0.25) is 0 Å². The summed E-state index contributed by atoms with van der Waals surface area (Å²) in [6, 6.07) is 12.3. The van der Waals surface area contributed by atoms with Crippen LogP contribution in [0, 0.1) is 5.82 Å². The normalized spacial score (nSPS) is 15.4. The van der Waals surface area contributed by atoms with Crippen LogP contribution in [-0.2, 0) is 5.54 Å². The van der Waals surface area contributed by atoms with Gasteiger partial charge in [-0.2, -0.15) is 0 Å². The summed E-state index contributed by atoms with van der Waals surface area (Å²) in [5.74, 6) is 2.06. The summed E-state index contributed by atoms with van der Waals surface area (Å²) in [7, 11) is 3.33. The Morgan fingerprint density at radius 3 is 2.29 bits per heavy atom. The van der Waals surface area contributed by atoms with Gasteiger partial charge in [0.05, 0.1) is 19.8 Å². The maximum Gasteiger partial charge on any atom is 0.173 e. The minimum atomic E-state index is -0.251. The number of nitrogens with zero attached hydrogens (tertiary/aromatic N) is 6. The highest BCUT2D eigenvalue weighted by atomic mass is 35.5. The second-order valence-electron chi connectivity index (χ2n) is 9.12. The second-order valence-corrected chi connectivity index (χ2v) is 9.12. The van der Waals surface area contributed by atoms with E-state index in [1.54, 1.807) is 14.2 Å². The minimum Gasteiger partial charge on any atom is -0.497 e. The molecule has 0 aliphatic carbocycles. The van der Waals surface area contributed by atoms with Crippen molar-refractivity contribution in [3.63, 3.8) is 0 Å². The van der Waals surface area contributed by atoms with E-state index in [0.29, 0.717) is 0 Å². The zero-order valence-electron chi connectivity index (χ0n) is 20.9. The van der Waals surface area contributed by atoms with Crippen molar-refractivity contribution >= 4 is 18.1 Å². The molecule has 1 unspecified atom stereocenters. The molecular formula is C25H34ClFN6O2. The molecule has 3 aromatic rings. The summed E-state index contributed by atoms with van der Waals surface area (Å²) in [6.45, 7) is 9.57. The van der Waals surface area contributed by atoms with E-state index in [1.807, 2.05) is 35.0 Å². The Bertz CT molecular complexity index is 1100. The van der Waals surface area contributed by atoms with Crippen molar-refractivity contribution in [3.8, 4) is 11.5 Å². The van der Waals surface area contributed by atoms with Crippen molar-refractivity contribution in [2.45, 2.75) is 38.8 Å². The third-order valence-corrected chi connectivity index (χ3v) is 6.78. The predicted molar refractivity (Wildman–Crippen MR) is 136 cm³/mol. The summed E-state index contributed by atoms with van der Waals surface area (Å²) in [4.78, 5) is 4.65. The number of aromatic nitrogens is 4. The van der Waals surface area contributed by atoms with Gasteiger partial charge in [-0.3, -0.25) is 4.90 Å². The Hall–Kier alpha value is -2.91. The number of tetrazole rings is 1. The zero-order chi connectivity index (χ0) is 24.3. The molecule has 1 saturated heterocycles. The lowest BCUT2D eigenvalue weighted by Gasteiger charge is -2.40. The van der Waals surface area contributed by atoms with Gasteiger partial charge in [0, 0.05) is 37.4 Å². The van der Waals surface area contributed by atoms with E-state index in [-0.39, 0.29) is 29.8 Å². The fourth-order valence-corrected chi connectivity index (χ4v) is 4.39. The summed E-state index contributed by atoms with van der Waals surface area (Å²) in [5, 5.41) is 13.0. The second kappa shape index (κ2) is 11.2. The van der Waals surface area contributed by atoms with Crippen molar-refractivity contribution in [1.82, 2.24) is 25.1 Å². The van der Waals surface area contributed by atoms with Crippen LogP contribution in [0.4, 0.5) is 10.1 Å². The first-order valence-electron chi connectivity index (χ1n) is 11.6. The molecule has 0 N–H and O–H groups in total. The van der Waals surface area contributed by atoms with Gasteiger partial charge in [-0.15, -0.1) is 17.5 Å². The highest BCUT2D eigenvalue weighted by Crippen LogP contribution is 2.38. The van der Waals surface area contributed by atoms with Gasteiger partial charge in [0.15, 0.2) is 5.82 Å². The van der Waals surface area contributed by atoms with Crippen LogP contribution < -0.4 is 14.4 Å². The Labute approximate surface area is 212 Å². The maximum atomic E-state index is 13.4. The molecule has 1 atom stereocenters. The highest BCUT2D eigenvalue weighted by Gasteiger charge is 2.36. The Balaban J connectivity index is 0.00000342. The van der Waals surface area contributed by atoms with Crippen molar-refractivity contribution < 1.29 is 13.9 Å². The van der Waals surface area contributed by atoms with E-state index in [0.717, 1.165) is 61.2 Å². The molecular weight excluding hydrogens is 471 g/mol. The molecule has 8 nitrogen and oxygen atoms in total. The van der Waals surface area contributed by atoms with E-state index in [9.17, 15) is 4.39 Å². The molecule has 0 amide bonds. The number of anilines is 1. The molecule has 190 valence electrons. The van der Waals surface area contributed by atoms with E-state index < -0.39 is 0 Å². The Kier molecular flexibility index (Phi) is 8.56. The fourth-order valence-electron chi connectivity index (χ4n) is 4.39. The van der Waals surface area contributed by atoms with Crippen molar-refractivity contribution in [1.29, 1.82) is 0 Å². The SMILES string of the molecule is CCC(C)(C)n1nnnc1C(c1cc(OC)ccc1OC)N1CCN(c2ccc(F)cc2)CC1.Cl. The highest BCUT2D eigenvalue weighted by molar-refractivity contribution is 5.85. The molecule has 1 aliphatic heterocycles. The minimum absolute atomic E-state index is 0. The topological polar surface area (TPSA) is 68.5 Å². The third-order valence-electron chi connectivity index (χ3n) is 6.78. The smallest absolute Gasteiger partial charge is 0.173 e. The summed E-state index contributed by atoms with van der Waals surface area (Å²) >= 11 is 0. The molecule has 4 rings (SSSR count). The van der Waals surface area contributed by atoms with Gasteiger partial charge in [0.1, 0.15) is 23.4 Å². The first kappa shape index (κ1) is 26.7. The molecule has 1 aromatic heterocycles. The van der Waals surface area contributed by atoms with Crippen LogP contribution in [0.3, 0.4) is 0 Å². The largest absolute Gasteiger partial charge is 0.497 e. The summed E-state index contributed by atoms with van der Waals surface area (Å²) in [6.07, 6.45) is 0.880. The molecule has 35 heavy (non-hydrogen) atoms. The number of ether oxygens (including phenoxy) is 2. The average molecular weight is 505 g/mol. The summed E-state index contributed by atoms with van der Waals surface area (Å²) < 4.78 is 26.6. The van der Waals surface area contributed by atoms with Gasteiger partial charge >= 0.3 is 0 Å². The van der Waals surface area contributed by atoms with Gasteiger partial charge in [0.25, 0.3) is 0 Å². The van der Waals surface area contributed by atoms with Crippen LogP contribution >= 0.6 is 12.4 Å². The van der Waals surface area contributed by atoms with Crippen LogP contribution in [0.5, 0.6) is 11.5 Å².